The zero-order valence-corrected chi connectivity index (χ0v) is 10.2. The summed E-state index contributed by atoms with van der Waals surface area (Å²) in [6.45, 7) is 0. The van der Waals surface area contributed by atoms with E-state index >= 15 is 0 Å². The highest BCUT2D eigenvalue weighted by molar-refractivity contribution is 5.91. The normalized spacial score (nSPS) is 12.0. The number of nitrogen functional groups attached to an aromatic ring is 1. The summed E-state index contributed by atoms with van der Waals surface area (Å²) in [7, 11) is 0. The molecule has 0 aliphatic carbocycles. The number of hydrogen-bond acceptors (Lipinski definition) is 6. The van der Waals surface area contributed by atoms with Gasteiger partial charge in [-0.15, -0.1) is 0 Å². The molecule has 9 nitrogen and oxygen atoms in total. The van der Waals surface area contributed by atoms with Crippen LogP contribution in [0, 0.1) is 0 Å². The second-order valence-electron chi connectivity index (χ2n) is 4.23. The molecule has 4 N–H and O–H groups in total. The van der Waals surface area contributed by atoms with E-state index in [4.69, 9.17) is 5.73 Å². The molecule has 0 saturated heterocycles. The van der Waals surface area contributed by atoms with Gasteiger partial charge in [0.25, 0.3) is 6.43 Å². The summed E-state index contributed by atoms with van der Waals surface area (Å²) < 4.78 is 27.4. The summed E-state index contributed by atoms with van der Waals surface area (Å²) in [4.78, 5) is 14.8. The molecule has 0 aliphatic rings. The number of imidazole rings is 1. The number of hydrogen-bond donors (Lipinski definition) is 3. The van der Waals surface area contributed by atoms with Crippen molar-refractivity contribution >= 4 is 28.0 Å². The van der Waals surface area contributed by atoms with Crippen molar-refractivity contribution in [2.45, 2.75) is 6.43 Å². The van der Waals surface area contributed by atoms with Crippen molar-refractivity contribution in [3.05, 3.63) is 18.3 Å². The van der Waals surface area contributed by atoms with Crippen LogP contribution in [0.15, 0.2) is 12.7 Å². The predicted molar refractivity (Wildman–Crippen MR) is 67.8 cm³/mol. The maximum absolute atomic E-state index is 13.1. The molecule has 4 heterocycles. The van der Waals surface area contributed by atoms with Crippen LogP contribution in [0.1, 0.15) is 12.1 Å². The van der Waals surface area contributed by atoms with Gasteiger partial charge in [0.05, 0.1) is 11.7 Å². The fourth-order valence-corrected chi connectivity index (χ4v) is 2.17. The molecule has 0 amide bonds. The summed E-state index contributed by atoms with van der Waals surface area (Å²) in [5.41, 5.74) is 6.21. The summed E-state index contributed by atoms with van der Waals surface area (Å²) in [6.07, 6.45) is -0.0895. The summed E-state index contributed by atoms with van der Waals surface area (Å²) >= 11 is 0. The van der Waals surface area contributed by atoms with Crippen LogP contribution in [0.5, 0.6) is 0 Å². The number of anilines is 1. The number of fused-ring (bicyclic) bond motifs is 2. The smallest absolute Gasteiger partial charge is 0.282 e. The van der Waals surface area contributed by atoms with Crippen LogP contribution in [-0.4, -0.2) is 39.9 Å². The van der Waals surface area contributed by atoms with Crippen LogP contribution in [-0.2, 0) is 0 Å². The molecular formula is C10H7F2N9. The SMILES string of the molecule is Nc1[nH]nc2c1c(C(F)F)nn2-c1ncnc2nc[nH]c12. The van der Waals surface area contributed by atoms with Crippen molar-refractivity contribution < 1.29 is 8.78 Å². The first-order valence-electron chi connectivity index (χ1n) is 5.82. The standard InChI is InChI=1S/C10H7F2N9/c11-6(12)4-3-7(13)18-19-9(3)21(20-4)10-5-8(15-1-14-5)16-2-17-10/h1-2,6H,(H3,13,18,19)(H,14,15,16,17). The predicted octanol–water partition coefficient (Wildman–Crippen LogP) is 0.935. The Labute approximate surface area is 114 Å². The Hall–Kier alpha value is -3.11. The molecule has 106 valence electrons. The molecular weight excluding hydrogens is 284 g/mol. The molecule has 11 heteroatoms. The zero-order chi connectivity index (χ0) is 14.6. The number of aromatic amines is 2. The van der Waals surface area contributed by atoms with Crippen LogP contribution in [0.2, 0.25) is 0 Å². The minimum Gasteiger partial charge on any atom is -0.383 e. The molecule has 4 aromatic heterocycles. The van der Waals surface area contributed by atoms with Crippen molar-refractivity contribution in [1.82, 2.24) is 39.9 Å². The highest BCUT2D eigenvalue weighted by Gasteiger charge is 2.25. The van der Waals surface area contributed by atoms with Crippen molar-refractivity contribution in [2.24, 2.45) is 0 Å². The van der Waals surface area contributed by atoms with Crippen LogP contribution in [0.4, 0.5) is 14.6 Å². The van der Waals surface area contributed by atoms with E-state index in [9.17, 15) is 8.78 Å². The maximum atomic E-state index is 13.1. The lowest BCUT2D eigenvalue weighted by Crippen LogP contribution is -2.03. The Morgan fingerprint density at radius 3 is 2.90 bits per heavy atom. The van der Waals surface area contributed by atoms with Crippen molar-refractivity contribution in [2.75, 3.05) is 5.73 Å². The van der Waals surface area contributed by atoms with Gasteiger partial charge in [0.2, 0.25) is 0 Å². The lowest BCUT2D eigenvalue weighted by Gasteiger charge is -2.01. The van der Waals surface area contributed by atoms with Crippen molar-refractivity contribution in [3.63, 3.8) is 0 Å². The van der Waals surface area contributed by atoms with E-state index in [0.717, 1.165) is 0 Å². The Balaban J connectivity index is 2.09. The molecule has 0 unspecified atom stereocenters. The Bertz CT molecular complexity index is 950. The molecule has 0 aliphatic heterocycles. The molecule has 0 aromatic carbocycles. The number of halogens is 2. The number of aromatic nitrogens is 8. The van der Waals surface area contributed by atoms with Crippen LogP contribution >= 0.6 is 0 Å². The quantitative estimate of drug-likeness (QED) is 0.504. The first-order valence-corrected chi connectivity index (χ1v) is 5.82. The van der Waals surface area contributed by atoms with Crippen molar-refractivity contribution in [3.8, 4) is 5.82 Å². The van der Waals surface area contributed by atoms with E-state index < -0.39 is 12.1 Å². The number of rotatable bonds is 2. The van der Waals surface area contributed by atoms with E-state index in [2.05, 4.69) is 35.2 Å². The molecule has 0 fully saturated rings. The van der Waals surface area contributed by atoms with Gasteiger partial charge in [-0.1, -0.05) is 0 Å². The van der Waals surface area contributed by atoms with Crippen LogP contribution < -0.4 is 5.73 Å². The second kappa shape index (κ2) is 3.94. The number of nitrogens with two attached hydrogens (primary N) is 1. The van der Waals surface area contributed by atoms with Gasteiger partial charge in [-0.2, -0.15) is 14.9 Å². The lowest BCUT2D eigenvalue weighted by molar-refractivity contribution is 0.147. The number of alkyl halides is 2. The number of H-pyrrole nitrogens is 2. The van der Waals surface area contributed by atoms with E-state index in [-0.39, 0.29) is 22.7 Å². The minimum absolute atomic E-state index is 0.0291. The second-order valence-corrected chi connectivity index (χ2v) is 4.23. The number of nitrogens with one attached hydrogen (secondary N) is 2. The summed E-state index contributed by atoms with van der Waals surface area (Å²) in [6, 6.07) is 0. The zero-order valence-electron chi connectivity index (χ0n) is 10.2. The van der Waals surface area contributed by atoms with Gasteiger partial charge in [0.15, 0.2) is 17.1 Å². The first-order chi connectivity index (χ1) is 10.2. The van der Waals surface area contributed by atoms with Gasteiger partial charge in [0, 0.05) is 0 Å². The third kappa shape index (κ3) is 1.50. The van der Waals surface area contributed by atoms with Gasteiger partial charge in [-0.25, -0.2) is 23.7 Å². The van der Waals surface area contributed by atoms with Gasteiger partial charge in [-0.05, 0) is 0 Å². The number of nitrogens with zero attached hydrogens (tertiary/aromatic N) is 6. The maximum Gasteiger partial charge on any atom is 0.282 e. The molecule has 4 rings (SSSR count). The first kappa shape index (κ1) is 11.7. The third-order valence-electron chi connectivity index (χ3n) is 3.05. The molecule has 0 bridgehead atoms. The van der Waals surface area contributed by atoms with Gasteiger partial charge in [-0.3, -0.25) is 5.10 Å². The van der Waals surface area contributed by atoms with Gasteiger partial charge >= 0.3 is 0 Å². The van der Waals surface area contributed by atoms with Crippen LogP contribution in [0.3, 0.4) is 0 Å². The fourth-order valence-electron chi connectivity index (χ4n) is 2.17. The van der Waals surface area contributed by atoms with Crippen molar-refractivity contribution in [1.29, 1.82) is 0 Å². The average molecular weight is 291 g/mol. The fraction of sp³-hybridized carbons (Fsp3) is 0.100. The lowest BCUT2D eigenvalue weighted by atomic mass is 10.3. The van der Waals surface area contributed by atoms with E-state index in [1.807, 2.05) is 0 Å². The monoisotopic (exact) mass is 291 g/mol. The average Bonchev–Trinajstić information content (AvgIpc) is 3.14. The highest BCUT2D eigenvalue weighted by atomic mass is 19.3. The molecule has 21 heavy (non-hydrogen) atoms. The van der Waals surface area contributed by atoms with Gasteiger partial charge < -0.3 is 10.7 Å². The molecule has 0 spiro atoms. The topological polar surface area (TPSA) is 127 Å². The minimum atomic E-state index is -2.78. The Morgan fingerprint density at radius 2 is 2.10 bits per heavy atom. The Morgan fingerprint density at radius 1 is 1.24 bits per heavy atom. The highest BCUT2D eigenvalue weighted by Crippen LogP contribution is 2.31. The van der Waals surface area contributed by atoms with Gasteiger partial charge in [0.1, 0.15) is 23.4 Å². The largest absolute Gasteiger partial charge is 0.383 e. The molecule has 0 saturated carbocycles. The Kier molecular flexibility index (Phi) is 2.20. The molecule has 4 aromatic rings. The molecule has 0 atom stereocenters. The summed E-state index contributed by atoms with van der Waals surface area (Å²) in [5, 5.41) is 10.3. The summed E-state index contributed by atoms with van der Waals surface area (Å²) in [5.74, 6) is 0.294. The van der Waals surface area contributed by atoms with E-state index in [1.165, 1.54) is 17.3 Å². The van der Waals surface area contributed by atoms with E-state index in [0.29, 0.717) is 11.2 Å². The van der Waals surface area contributed by atoms with E-state index in [1.54, 1.807) is 0 Å². The molecule has 0 radical (unpaired) electrons. The third-order valence-corrected chi connectivity index (χ3v) is 3.05. The van der Waals surface area contributed by atoms with Crippen LogP contribution in [0.25, 0.3) is 28.0 Å².